The lowest BCUT2D eigenvalue weighted by atomic mass is 9.81. The highest BCUT2D eigenvalue weighted by Gasteiger charge is 2.38. The summed E-state index contributed by atoms with van der Waals surface area (Å²) in [6.07, 6.45) is 4.25. The van der Waals surface area contributed by atoms with Gasteiger partial charge in [-0.15, -0.1) is 0 Å². The third kappa shape index (κ3) is 5.68. The zero-order valence-corrected chi connectivity index (χ0v) is 19.9. The Morgan fingerprint density at radius 3 is 2.26 bits per heavy atom. The average molecular weight is 476 g/mol. The maximum atomic E-state index is 12.9. The Morgan fingerprint density at radius 1 is 1.00 bits per heavy atom. The van der Waals surface area contributed by atoms with E-state index >= 15 is 0 Å². The second-order valence-electron chi connectivity index (χ2n) is 8.23. The number of nitrogens with one attached hydrogen (secondary N) is 2. The number of likely N-dealkylation sites (tertiary alicyclic amines) is 1. The predicted octanol–water partition coefficient (Wildman–Crippen LogP) is 4.30. The minimum absolute atomic E-state index is 0.146. The molecule has 0 atom stereocenters. The number of nitrogens with zero attached hydrogens (tertiary/aromatic N) is 3. The summed E-state index contributed by atoms with van der Waals surface area (Å²) >= 11 is 0. The topological polar surface area (TPSA) is 106 Å². The molecule has 1 aliphatic rings. The summed E-state index contributed by atoms with van der Waals surface area (Å²) in [7, 11) is 1.61. The molecule has 0 radical (unpaired) electrons. The Hall–Kier alpha value is -4.14. The number of esters is 1. The van der Waals surface area contributed by atoms with Gasteiger partial charge in [0.25, 0.3) is 0 Å². The maximum Gasteiger partial charge on any atom is 0.341 e. The van der Waals surface area contributed by atoms with Crippen LogP contribution in [0.4, 0.5) is 16.4 Å². The first-order valence-corrected chi connectivity index (χ1v) is 11.6. The van der Waals surface area contributed by atoms with Crippen molar-refractivity contribution in [1.82, 2.24) is 14.9 Å². The molecular formula is C26H29N5O4. The van der Waals surface area contributed by atoms with Crippen molar-refractivity contribution in [2.75, 3.05) is 37.4 Å². The van der Waals surface area contributed by atoms with Gasteiger partial charge in [-0.3, -0.25) is 0 Å². The molecule has 35 heavy (non-hydrogen) atoms. The van der Waals surface area contributed by atoms with Crippen molar-refractivity contribution >= 4 is 23.6 Å². The first-order valence-electron chi connectivity index (χ1n) is 11.6. The molecule has 1 fully saturated rings. The lowest BCUT2D eigenvalue weighted by Crippen LogP contribution is -2.50. The number of hydrogen-bond donors (Lipinski definition) is 2. The number of carbonyl (C=O) groups excluding carboxylic acids is 2. The number of amides is 2. The van der Waals surface area contributed by atoms with Crippen LogP contribution in [-0.4, -0.2) is 53.7 Å². The van der Waals surface area contributed by atoms with E-state index in [9.17, 15) is 9.59 Å². The van der Waals surface area contributed by atoms with Crippen LogP contribution >= 0.6 is 0 Å². The number of aromatic nitrogens is 2. The molecule has 2 amide bonds. The van der Waals surface area contributed by atoms with E-state index in [1.165, 1.54) is 12.4 Å². The van der Waals surface area contributed by atoms with Crippen molar-refractivity contribution in [3.05, 3.63) is 78.1 Å². The van der Waals surface area contributed by atoms with Crippen LogP contribution in [0.2, 0.25) is 0 Å². The second kappa shape index (κ2) is 10.9. The van der Waals surface area contributed by atoms with Gasteiger partial charge >= 0.3 is 12.0 Å². The zero-order valence-electron chi connectivity index (χ0n) is 19.9. The fraction of sp³-hybridized carbons (Fsp3) is 0.308. The van der Waals surface area contributed by atoms with E-state index in [0.29, 0.717) is 49.7 Å². The number of methoxy groups -OCH3 is 1. The van der Waals surface area contributed by atoms with Crippen molar-refractivity contribution < 1.29 is 19.1 Å². The Bertz CT molecular complexity index is 1130. The van der Waals surface area contributed by atoms with Gasteiger partial charge in [0.15, 0.2) is 0 Å². The molecule has 2 heterocycles. The molecule has 0 unspecified atom stereocenters. The molecule has 0 bridgehead atoms. The van der Waals surface area contributed by atoms with Gasteiger partial charge in [-0.05, 0) is 49.6 Å². The lowest BCUT2D eigenvalue weighted by Gasteiger charge is -2.42. The normalized spacial score (nSPS) is 14.6. The largest absolute Gasteiger partial charge is 0.497 e. The summed E-state index contributed by atoms with van der Waals surface area (Å²) in [5.41, 5.74) is 1.65. The van der Waals surface area contributed by atoms with Crippen molar-refractivity contribution in [2.24, 2.45) is 0 Å². The summed E-state index contributed by atoms with van der Waals surface area (Å²) in [6, 6.07) is 17.2. The Labute approximate surface area is 204 Å². The van der Waals surface area contributed by atoms with Gasteiger partial charge in [0, 0.05) is 31.2 Å². The van der Waals surface area contributed by atoms with E-state index in [4.69, 9.17) is 9.47 Å². The Kier molecular flexibility index (Phi) is 7.45. The zero-order chi connectivity index (χ0) is 24.7. The molecule has 0 saturated carbocycles. The van der Waals surface area contributed by atoms with Crippen LogP contribution in [0.15, 0.2) is 67.0 Å². The van der Waals surface area contributed by atoms with E-state index in [2.05, 4.69) is 32.7 Å². The monoisotopic (exact) mass is 475 g/mol. The molecule has 1 saturated heterocycles. The van der Waals surface area contributed by atoms with Gasteiger partial charge in [0.05, 0.1) is 24.8 Å². The van der Waals surface area contributed by atoms with Crippen LogP contribution in [0.5, 0.6) is 5.75 Å². The molecule has 9 nitrogen and oxygen atoms in total. The van der Waals surface area contributed by atoms with Crippen molar-refractivity contribution in [3.63, 3.8) is 0 Å². The van der Waals surface area contributed by atoms with E-state index in [-0.39, 0.29) is 6.03 Å². The number of rotatable bonds is 7. The van der Waals surface area contributed by atoms with Crippen LogP contribution in [0, 0.1) is 0 Å². The van der Waals surface area contributed by atoms with Gasteiger partial charge in [0.2, 0.25) is 5.95 Å². The number of ether oxygens (including phenoxy) is 2. The molecule has 1 aromatic heterocycles. The van der Waals surface area contributed by atoms with Gasteiger partial charge < -0.3 is 25.0 Å². The molecule has 9 heteroatoms. The smallest absolute Gasteiger partial charge is 0.341 e. The number of benzene rings is 2. The second-order valence-corrected chi connectivity index (χ2v) is 8.23. The lowest BCUT2D eigenvalue weighted by molar-refractivity contribution is 0.0525. The SMILES string of the molecule is CCOC(=O)c1cnc(NC2(c3ccccc3)CCN(C(=O)Nc3ccc(OC)cc3)CC2)nc1. The standard InChI is InChI=1S/C26H29N5O4/c1-3-35-23(32)19-17-27-24(28-18-19)30-26(20-7-5-4-6-8-20)13-15-31(16-14-26)25(33)29-21-9-11-22(34-2)12-10-21/h4-12,17-18H,3,13-16H2,1-2H3,(H,29,33)(H,27,28,30). The highest BCUT2D eigenvalue weighted by molar-refractivity contribution is 5.89. The molecule has 2 N–H and O–H groups in total. The van der Waals surface area contributed by atoms with Crippen molar-refractivity contribution in [3.8, 4) is 5.75 Å². The third-order valence-electron chi connectivity index (χ3n) is 6.09. The highest BCUT2D eigenvalue weighted by Crippen LogP contribution is 2.36. The average Bonchev–Trinajstić information content (AvgIpc) is 2.90. The predicted molar refractivity (Wildman–Crippen MR) is 133 cm³/mol. The summed E-state index contributed by atoms with van der Waals surface area (Å²) in [4.78, 5) is 35.3. The van der Waals surface area contributed by atoms with Crippen LogP contribution in [0.1, 0.15) is 35.7 Å². The van der Waals surface area contributed by atoms with Crippen LogP contribution < -0.4 is 15.4 Å². The molecular weight excluding hydrogens is 446 g/mol. The minimum Gasteiger partial charge on any atom is -0.497 e. The van der Waals surface area contributed by atoms with E-state index in [1.807, 2.05) is 42.5 Å². The molecule has 0 aliphatic carbocycles. The first-order chi connectivity index (χ1) is 17.0. The summed E-state index contributed by atoms with van der Waals surface area (Å²) in [6.45, 7) is 3.13. The quantitative estimate of drug-likeness (QED) is 0.491. The number of urea groups is 1. The van der Waals surface area contributed by atoms with Gasteiger partial charge in [-0.1, -0.05) is 30.3 Å². The van der Waals surface area contributed by atoms with Gasteiger partial charge in [-0.2, -0.15) is 0 Å². The highest BCUT2D eigenvalue weighted by atomic mass is 16.5. The Balaban J connectivity index is 1.46. The van der Waals surface area contributed by atoms with Gasteiger partial charge in [0.1, 0.15) is 5.75 Å². The number of hydrogen-bond acceptors (Lipinski definition) is 7. The first kappa shape index (κ1) is 24.0. The molecule has 1 aliphatic heterocycles. The molecule has 0 spiro atoms. The number of carbonyl (C=O) groups is 2. The van der Waals surface area contributed by atoms with E-state index < -0.39 is 11.5 Å². The van der Waals surface area contributed by atoms with Crippen LogP contribution in [0.3, 0.4) is 0 Å². The number of piperidine rings is 1. The molecule has 2 aromatic carbocycles. The summed E-state index contributed by atoms with van der Waals surface area (Å²) in [5, 5.41) is 6.43. The molecule has 3 aromatic rings. The van der Waals surface area contributed by atoms with Crippen molar-refractivity contribution in [2.45, 2.75) is 25.3 Å². The summed E-state index contributed by atoms with van der Waals surface area (Å²) < 4.78 is 10.2. The van der Waals surface area contributed by atoms with Gasteiger partial charge in [-0.25, -0.2) is 19.6 Å². The van der Waals surface area contributed by atoms with Crippen molar-refractivity contribution in [1.29, 1.82) is 0 Å². The minimum atomic E-state index is -0.455. The molecule has 4 rings (SSSR count). The molecule has 182 valence electrons. The van der Waals surface area contributed by atoms with Crippen LogP contribution in [0.25, 0.3) is 0 Å². The summed E-state index contributed by atoms with van der Waals surface area (Å²) in [5.74, 6) is 0.697. The fourth-order valence-electron chi connectivity index (χ4n) is 4.14. The van der Waals surface area contributed by atoms with E-state index in [1.54, 1.807) is 18.9 Å². The third-order valence-corrected chi connectivity index (χ3v) is 6.09. The fourth-order valence-corrected chi connectivity index (χ4v) is 4.14. The maximum absolute atomic E-state index is 12.9. The Morgan fingerprint density at radius 2 is 1.66 bits per heavy atom. The van der Waals surface area contributed by atoms with E-state index in [0.717, 1.165) is 11.3 Å². The number of anilines is 2. The van der Waals surface area contributed by atoms with Crippen LogP contribution in [-0.2, 0) is 10.3 Å².